The summed E-state index contributed by atoms with van der Waals surface area (Å²) in [6.45, 7) is 24.0. The molecule has 2 N–H and O–H groups in total. The summed E-state index contributed by atoms with van der Waals surface area (Å²) in [5.74, 6) is 6.38. The Labute approximate surface area is 156 Å². The van der Waals surface area contributed by atoms with E-state index in [4.69, 9.17) is 4.84 Å². The van der Waals surface area contributed by atoms with Crippen LogP contribution in [0.1, 0.15) is 83.1 Å². The molecule has 0 heterocycles. The van der Waals surface area contributed by atoms with E-state index >= 15 is 0 Å². The maximum absolute atomic E-state index is 10.8. The highest BCUT2D eigenvalue weighted by atomic mass is 16.6. The molecule has 0 aromatic heterocycles. The molecule has 0 aromatic carbocycles. The standard InChI is InChI=1S/C10H21NO.C7H14O.C3H9NO/c1-7(2)10(8(3)4)11-12-9(5)6;1-5(2)7(8)6(3)4;1-3(2)5-4/h7-9H,1-6H3;5-6H,1-4H3;3H,4H2,1-2H3. The average Bonchev–Trinajstić information content (AvgIpc) is 2.46. The first-order valence-electron chi connectivity index (χ1n) is 9.40. The number of carbonyl (C=O) groups excluding carboxylic acids is 1. The van der Waals surface area contributed by atoms with Gasteiger partial charge in [-0.2, -0.15) is 0 Å². The Morgan fingerprint density at radius 3 is 1.12 bits per heavy atom. The van der Waals surface area contributed by atoms with Gasteiger partial charge in [-0.25, -0.2) is 5.90 Å². The van der Waals surface area contributed by atoms with Crippen LogP contribution in [0.15, 0.2) is 5.16 Å². The van der Waals surface area contributed by atoms with E-state index in [9.17, 15) is 4.79 Å². The number of oxime groups is 1. The van der Waals surface area contributed by atoms with Crippen molar-refractivity contribution < 1.29 is 14.5 Å². The van der Waals surface area contributed by atoms with E-state index < -0.39 is 0 Å². The molecule has 25 heavy (non-hydrogen) atoms. The van der Waals surface area contributed by atoms with Crippen molar-refractivity contribution in [3.8, 4) is 0 Å². The van der Waals surface area contributed by atoms with Gasteiger partial charge in [0.05, 0.1) is 11.8 Å². The van der Waals surface area contributed by atoms with Gasteiger partial charge in [-0.05, 0) is 39.5 Å². The molecule has 0 saturated heterocycles. The first-order valence-corrected chi connectivity index (χ1v) is 9.40. The number of carbonyl (C=O) groups is 1. The van der Waals surface area contributed by atoms with E-state index in [0.29, 0.717) is 17.6 Å². The Kier molecular flexibility index (Phi) is 19.1. The zero-order chi connectivity index (χ0) is 20.7. The number of hydrogen-bond donors (Lipinski definition) is 1. The average molecular weight is 361 g/mol. The smallest absolute Gasteiger partial charge is 0.137 e. The largest absolute Gasteiger partial charge is 0.393 e. The topological polar surface area (TPSA) is 73.9 Å². The minimum Gasteiger partial charge on any atom is -0.393 e. The van der Waals surface area contributed by atoms with E-state index in [1.54, 1.807) is 0 Å². The van der Waals surface area contributed by atoms with Crippen LogP contribution >= 0.6 is 0 Å². The Balaban J connectivity index is -0.000000321. The monoisotopic (exact) mass is 360 g/mol. The molecule has 5 heteroatoms. The van der Waals surface area contributed by atoms with E-state index in [-0.39, 0.29) is 24.0 Å². The van der Waals surface area contributed by atoms with Crippen molar-refractivity contribution in [1.82, 2.24) is 0 Å². The predicted molar refractivity (Wildman–Crippen MR) is 108 cm³/mol. The molecule has 0 aliphatic carbocycles. The molecule has 0 aromatic rings. The van der Waals surface area contributed by atoms with Crippen molar-refractivity contribution in [2.75, 3.05) is 0 Å². The lowest BCUT2D eigenvalue weighted by Gasteiger charge is -2.14. The van der Waals surface area contributed by atoms with Crippen molar-refractivity contribution in [3.63, 3.8) is 0 Å². The summed E-state index contributed by atoms with van der Waals surface area (Å²) < 4.78 is 0. The number of Topliss-reactive ketones (excluding diaryl/α,β-unsaturated/α-hetero) is 1. The fraction of sp³-hybridized carbons (Fsp3) is 0.900. The van der Waals surface area contributed by atoms with Crippen LogP contribution in [0.4, 0.5) is 0 Å². The van der Waals surface area contributed by atoms with Gasteiger partial charge in [-0.3, -0.25) is 4.79 Å². The summed E-state index contributed by atoms with van der Waals surface area (Å²) in [7, 11) is 0. The second kappa shape index (κ2) is 16.5. The van der Waals surface area contributed by atoms with Crippen LogP contribution in [-0.2, 0) is 14.5 Å². The number of hydrogen-bond acceptors (Lipinski definition) is 5. The second-order valence-electron chi connectivity index (χ2n) is 7.88. The van der Waals surface area contributed by atoms with Crippen molar-refractivity contribution in [2.24, 2.45) is 34.7 Å². The zero-order valence-electron chi connectivity index (χ0n) is 18.7. The highest BCUT2D eigenvalue weighted by Crippen LogP contribution is 2.08. The molecule has 0 fully saturated rings. The van der Waals surface area contributed by atoms with Gasteiger partial charge < -0.3 is 9.68 Å². The number of nitrogens with zero attached hydrogens (tertiary/aromatic N) is 1. The minimum atomic E-state index is 0.162. The quantitative estimate of drug-likeness (QED) is 0.498. The number of rotatable bonds is 7. The van der Waals surface area contributed by atoms with Gasteiger partial charge in [0.25, 0.3) is 0 Å². The summed E-state index contributed by atoms with van der Waals surface area (Å²) in [5.41, 5.74) is 1.14. The second-order valence-corrected chi connectivity index (χ2v) is 7.88. The van der Waals surface area contributed by atoms with Crippen LogP contribution in [0.5, 0.6) is 0 Å². The molecule has 0 bridgehead atoms. The minimum absolute atomic E-state index is 0.162. The van der Waals surface area contributed by atoms with E-state index in [1.165, 1.54) is 0 Å². The molecule has 0 amide bonds. The van der Waals surface area contributed by atoms with E-state index in [0.717, 1.165) is 5.71 Å². The molecule has 152 valence electrons. The summed E-state index contributed by atoms with van der Waals surface area (Å²) >= 11 is 0. The first kappa shape index (κ1) is 28.8. The fourth-order valence-electron chi connectivity index (χ4n) is 1.71. The van der Waals surface area contributed by atoms with Gasteiger partial charge in [0.1, 0.15) is 11.9 Å². The third kappa shape index (κ3) is 21.0. The number of ketones is 1. The lowest BCUT2D eigenvalue weighted by molar-refractivity contribution is -0.124. The van der Waals surface area contributed by atoms with Crippen molar-refractivity contribution in [1.29, 1.82) is 0 Å². The fourth-order valence-corrected chi connectivity index (χ4v) is 1.71. The normalized spacial score (nSPS) is 10.7. The lowest BCUT2D eigenvalue weighted by atomic mass is 9.98. The van der Waals surface area contributed by atoms with Gasteiger partial charge in [0.15, 0.2) is 0 Å². The molecule has 0 aliphatic heterocycles. The highest BCUT2D eigenvalue weighted by molar-refractivity contribution is 5.87. The van der Waals surface area contributed by atoms with Crippen LogP contribution < -0.4 is 5.90 Å². The Hall–Kier alpha value is -0.940. The maximum Gasteiger partial charge on any atom is 0.137 e. The molecule has 0 radical (unpaired) electrons. The number of nitrogens with two attached hydrogens (primary N) is 1. The third-order valence-electron chi connectivity index (χ3n) is 2.96. The SMILES string of the molecule is CC(C)C(=O)C(C)C.CC(C)ON.CC(C)ON=C(C(C)C)C(C)C. The highest BCUT2D eigenvalue weighted by Gasteiger charge is 2.11. The molecule has 0 aliphatic rings. The molecular formula is C20H44N2O3. The van der Waals surface area contributed by atoms with E-state index in [1.807, 2.05) is 55.4 Å². The van der Waals surface area contributed by atoms with Crippen LogP contribution in [0.2, 0.25) is 0 Å². The molecule has 0 saturated carbocycles. The van der Waals surface area contributed by atoms with Crippen molar-refractivity contribution >= 4 is 11.5 Å². The van der Waals surface area contributed by atoms with Crippen LogP contribution in [0.3, 0.4) is 0 Å². The zero-order valence-corrected chi connectivity index (χ0v) is 18.7. The molecule has 5 nitrogen and oxygen atoms in total. The third-order valence-corrected chi connectivity index (χ3v) is 2.96. The van der Waals surface area contributed by atoms with Crippen LogP contribution in [-0.4, -0.2) is 23.7 Å². The first-order chi connectivity index (χ1) is 11.3. The Morgan fingerprint density at radius 1 is 0.680 bits per heavy atom. The maximum atomic E-state index is 10.8. The van der Waals surface area contributed by atoms with Gasteiger partial charge in [0, 0.05) is 11.8 Å². The van der Waals surface area contributed by atoms with Gasteiger partial charge >= 0.3 is 0 Å². The Bertz CT molecular complexity index is 327. The summed E-state index contributed by atoms with van der Waals surface area (Å²) in [6.07, 6.45) is 0.340. The summed E-state index contributed by atoms with van der Waals surface area (Å²) in [4.78, 5) is 20.3. The molecule has 0 atom stereocenters. The van der Waals surface area contributed by atoms with Crippen LogP contribution in [0, 0.1) is 23.7 Å². The van der Waals surface area contributed by atoms with Crippen molar-refractivity contribution in [3.05, 3.63) is 0 Å². The molecule has 0 spiro atoms. The van der Waals surface area contributed by atoms with Gasteiger partial charge in [-0.15, -0.1) is 0 Å². The summed E-state index contributed by atoms with van der Waals surface area (Å²) in [6, 6.07) is 0. The van der Waals surface area contributed by atoms with E-state index in [2.05, 4.69) is 43.6 Å². The van der Waals surface area contributed by atoms with Gasteiger partial charge in [0.2, 0.25) is 0 Å². The van der Waals surface area contributed by atoms with Gasteiger partial charge in [-0.1, -0.05) is 60.5 Å². The molecule has 0 unspecified atom stereocenters. The Morgan fingerprint density at radius 2 is 1.00 bits per heavy atom. The molecular weight excluding hydrogens is 316 g/mol. The van der Waals surface area contributed by atoms with Crippen molar-refractivity contribution in [2.45, 2.75) is 95.3 Å². The predicted octanol–water partition coefficient (Wildman–Crippen LogP) is 5.23. The summed E-state index contributed by atoms with van der Waals surface area (Å²) in [5, 5.41) is 4.14. The lowest BCUT2D eigenvalue weighted by Crippen LogP contribution is -2.16. The van der Waals surface area contributed by atoms with Crippen LogP contribution in [0.25, 0.3) is 0 Å². The molecule has 0 rings (SSSR count).